The zero-order chi connectivity index (χ0) is 8.27. The second-order valence-electron chi connectivity index (χ2n) is 2.01. The number of hydrogen-bond donors (Lipinski definition) is 0. The summed E-state index contributed by atoms with van der Waals surface area (Å²) < 4.78 is 5.18. The van der Waals surface area contributed by atoms with Crippen molar-refractivity contribution >= 4 is 28.9 Å². The molecule has 0 aliphatic carbocycles. The number of carbonyl (C=O) groups is 1. The molecular weight excluding hydrogens is 184 g/mol. The maximum atomic E-state index is 10.7. The zero-order valence-corrected chi connectivity index (χ0v) is 7.54. The average molecular weight is 191 g/mol. The molecule has 0 aliphatic heterocycles. The van der Waals surface area contributed by atoms with E-state index in [2.05, 4.69) is 4.74 Å². The summed E-state index contributed by atoms with van der Waals surface area (Å²) in [6.45, 7) is 0. The van der Waals surface area contributed by atoms with Crippen molar-refractivity contribution in [1.29, 1.82) is 0 Å². The largest absolute Gasteiger partial charge is 0.469 e. The summed E-state index contributed by atoms with van der Waals surface area (Å²) in [4.78, 5) is 10.7. The van der Waals surface area contributed by atoms with Crippen molar-refractivity contribution in [3.8, 4) is 0 Å². The normalized spacial score (nSPS) is 9.64. The van der Waals surface area contributed by atoms with Gasteiger partial charge in [0, 0.05) is 0 Å². The summed E-state index contributed by atoms with van der Waals surface area (Å²) in [5.74, 6) is -0.237. The maximum Gasteiger partial charge on any atom is 0.310 e. The van der Waals surface area contributed by atoms with Crippen LogP contribution in [0.2, 0.25) is 4.34 Å². The number of ether oxygens (including phenoxy) is 1. The van der Waals surface area contributed by atoms with Crippen LogP contribution in [0.15, 0.2) is 11.4 Å². The first-order valence-electron chi connectivity index (χ1n) is 3.02. The van der Waals surface area contributed by atoms with Gasteiger partial charge >= 0.3 is 5.97 Å². The lowest BCUT2D eigenvalue weighted by atomic mass is 10.2. The first kappa shape index (κ1) is 8.56. The zero-order valence-electron chi connectivity index (χ0n) is 5.96. The van der Waals surface area contributed by atoms with Crippen LogP contribution in [0.1, 0.15) is 5.56 Å². The number of rotatable bonds is 2. The van der Waals surface area contributed by atoms with E-state index in [9.17, 15) is 4.79 Å². The topological polar surface area (TPSA) is 26.3 Å². The summed E-state index contributed by atoms with van der Waals surface area (Å²) in [5, 5.41) is 1.85. The van der Waals surface area contributed by atoms with Crippen molar-refractivity contribution in [2.45, 2.75) is 6.42 Å². The Morgan fingerprint density at radius 3 is 3.00 bits per heavy atom. The van der Waals surface area contributed by atoms with Crippen LogP contribution in [-0.4, -0.2) is 13.1 Å². The van der Waals surface area contributed by atoms with Crippen molar-refractivity contribution in [3.63, 3.8) is 0 Å². The van der Waals surface area contributed by atoms with Crippen molar-refractivity contribution in [3.05, 3.63) is 21.3 Å². The molecule has 0 atom stereocenters. The Morgan fingerprint density at radius 2 is 2.55 bits per heavy atom. The minimum absolute atomic E-state index is 0.237. The van der Waals surface area contributed by atoms with Crippen LogP contribution < -0.4 is 0 Å². The summed E-state index contributed by atoms with van der Waals surface area (Å²) in [6.07, 6.45) is 0.305. The average Bonchev–Trinajstić information content (AvgIpc) is 2.35. The van der Waals surface area contributed by atoms with Gasteiger partial charge in [0.15, 0.2) is 0 Å². The summed E-state index contributed by atoms with van der Waals surface area (Å²) in [7, 11) is 1.37. The highest BCUT2D eigenvalue weighted by atomic mass is 35.5. The molecule has 0 spiro atoms. The highest BCUT2D eigenvalue weighted by molar-refractivity contribution is 7.14. The molecule has 0 bridgehead atoms. The molecule has 2 nitrogen and oxygen atoms in total. The van der Waals surface area contributed by atoms with E-state index in [0.29, 0.717) is 10.8 Å². The third kappa shape index (κ3) is 2.52. The Balaban J connectivity index is 2.57. The van der Waals surface area contributed by atoms with Gasteiger partial charge < -0.3 is 4.74 Å². The van der Waals surface area contributed by atoms with E-state index in [0.717, 1.165) is 5.56 Å². The van der Waals surface area contributed by atoms with Crippen LogP contribution >= 0.6 is 22.9 Å². The Bertz CT molecular complexity index is 257. The molecule has 0 aromatic carbocycles. The molecule has 0 unspecified atom stereocenters. The lowest BCUT2D eigenvalue weighted by Crippen LogP contribution is -2.02. The summed E-state index contributed by atoms with van der Waals surface area (Å²) >= 11 is 7.07. The fraction of sp³-hybridized carbons (Fsp3) is 0.286. The number of carbonyl (C=O) groups excluding carboxylic acids is 1. The SMILES string of the molecule is COC(=O)Cc1csc(Cl)c1. The Morgan fingerprint density at radius 1 is 1.82 bits per heavy atom. The van der Waals surface area contributed by atoms with Gasteiger partial charge in [0.2, 0.25) is 0 Å². The molecule has 0 aliphatic rings. The van der Waals surface area contributed by atoms with Crippen molar-refractivity contribution < 1.29 is 9.53 Å². The van der Waals surface area contributed by atoms with Gasteiger partial charge in [-0.25, -0.2) is 0 Å². The predicted molar refractivity (Wildman–Crippen MR) is 45.0 cm³/mol. The number of methoxy groups -OCH3 is 1. The van der Waals surface area contributed by atoms with Gasteiger partial charge in [-0.05, 0) is 17.0 Å². The molecule has 0 saturated carbocycles. The molecule has 0 radical (unpaired) electrons. The van der Waals surface area contributed by atoms with Gasteiger partial charge in [0.05, 0.1) is 17.9 Å². The highest BCUT2D eigenvalue weighted by Crippen LogP contribution is 2.20. The van der Waals surface area contributed by atoms with E-state index < -0.39 is 0 Å². The molecule has 0 N–H and O–H groups in total. The molecule has 4 heteroatoms. The number of esters is 1. The third-order valence-corrected chi connectivity index (χ3v) is 2.34. The molecule has 0 saturated heterocycles. The van der Waals surface area contributed by atoms with Gasteiger partial charge in [-0.1, -0.05) is 11.6 Å². The number of halogens is 1. The van der Waals surface area contributed by atoms with Crippen LogP contribution in [0.3, 0.4) is 0 Å². The fourth-order valence-electron chi connectivity index (χ4n) is 0.677. The molecular formula is C7H7ClO2S. The first-order chi connectivity index (χ1) is 5.22. The monoisotopic (exact) mass is 190 g/mol. The molecule has 1 aromatic heterocycles. The summed E-state index contributed by atoms with van der Waals surface area (Å²) in [6, 6.07) is 1.77. The van der Waals surface area contributed by atoms with Gasteiger partial charge in [0.1, 0.15) is 0 Å². The third-order valence-electron chi connectivity index (χ3n) is 1.20. The molecule has 1 heterocycles. The number of thiophene rings is 1. The minimum atomic E-state index is -0.237. The Kier molecular flexibility index (Phi) is 2.91. The van der Waals surface area contributed by atoms with Crippen molar-refractivity contribution in [2.75, 3.05) is 7.11 Å². The number of hydrogen-bond acceptors (Lipinski definition) is 3. The van der Waals surface area contributed by atoms with E-state index >= 15 is 0 Å². The molecule has 1 rings (SSSR count). The van der Waals surface area contributed by atoms with Crippen LogP contribution in [0.5, 0.6) is 0 Å². The minimum Gasteiger partial charge on any atom is -0.469 e. The van der Waals surface area contributed by atoms with Crippen LogP contribution in [0, 0.1) is 0 Å². The molecule has 1 aromatic rings. The molecule has 0 fully saturated rings. The van der Waals surface area contributed by atoms with Crippen LogP contribution in [0.25, 0.3) is 0 Å². The van der Waals surface area contributed by atoms with Gasteiger partial charge in [0.25, 0.3) is 0 Å². The van der Waals surface area contributed by atoms with Crippen LogP contribution in [0.4, 0.5) is 0 Å². The Labute approximate surface area is 73.7 Å². The van der Waals surface area contributed by atoms with E-state index in [1.807, 2.05) is 5.38 Å². The smallest absolute Gasteiger partial charge is 0.310 e. The first-order valence-corrected chi connectivity index (χ1v) is 4.28. The van der Waals surface area contributed by atoms with E-state index in [1.165, 1.54) is 18.4 Å². The second kappa shape index (κ2) is 3.74. The second-order valence-corrected chi connectivity index (χ2v) is 3.55. The van der Waals surface area contributed by atoms with Crippen molar-refractivity contribution in [2.24, 2.45) is 0 Å². The molecule has 0 amide bonds. The van der Waals surface area contributed by atoms with E-state index in [-0.39, 0.29) is 5.97 Å². The van der Waals surface area contributed by atoms with Gasteiger partial charge in [-0.15, -0.1) is 11.3 Å². The van der Waals surface area contributed by atoms with E-state index in [4.69, 9.17) is 11.6 Å². The standard InChI is InChI=1S/C7H7ClO2S/c1-10-7(9)3-5-2-6(8)11-4-5/h2,4H,3H2,1H3. The maximum absolute atomic E-state index is 10.7. The lowest BCUT2D eigenvalue weighted by Gasteiger charge is -1.93. The lowest BCUT2D eigenvalue weighted by molar-refractivity contribution is -0.139. The highest BCUT2D eigenvalue weighted by Gasteiger charge is 2.03. The predicted octanol–water partition coefficient (Wildman–Crippen LogP) is 2.12. The molecule has 11 heavy (non-hydrogen) atoms. The van der Waals surface area contributed by atoms with Gasteiger partial charge in [-0.2, -0.15) is 0 Å². The van der Waals surface area contributed by atoms with Crippen LogP contribution in [-0.2, 0) is 16.0 Å². The van der Waals surface area contributed by atoms with Gasteiger partial charge in [-0.3, -0.25) is 4.79 Å². The quantitative estimate of drug-likeness (QED) is 0.668. The Hall–Kier alpha value is -0.540. The van der Waals surface area contributed by atoms with E-state index in [1.54, 1.807) is 6.07 Å². The molecule has 60 valence electrons. The van der Waals surface area contributed by atoms with Crippen molar-refractivity contribution in [1.82, 2.24) is 0 Å². The fourth-order valence-corrected chi connectivity index (χ4v) is 1.59. The summed E-state index contributed by atoms with van der Waals surface area (Å²) in [5.41, 5.74) is 0.909.